The van der Waals surface area contributed by atoms with Crippen LogP contribution in [0.3, 0.4) is 0 Å². The molecule has 0 aliphatic heterocycles. The van der Waals surface area contributed by atoms with Gasteiger partial charge in [0.2, 0.25) is 0 Å². The first-order valence-corrected chi connectivity index (χ1v) is 7.16. The summed E-state index contributed by atoms with van der Waals surface area (Å²) in [5.74, 6) is -0.448. The lowest BCUT2D eigenvalue weighted by Gasteiger charge is -2.21. The number of halogens is 3. The summed E-state index contributed by atoms with van der Waals surface area (Å²) in [6, 6.07) is 4.69. The van der Waals surface area contributed by atoms with E-state index in [0.29, 0.717) is 12.5 Å². The zero-order chi connectivity index (χ0) is 16.3. The second-order valence-corrected chi connectivity index (χ2v) is 5.44. The van der Waals surface area contributed by atoms with E-state index in [2.05, 4.69) is 5.32 Å². The molecule has 3 N–H and O–H groups in total. The minimum atomic E-state index is -4.53. The molecule has 2 atom stereocenters. The molecule has 0 bridgehead atoms. The third-order valence-corrected chi connectivity index (χ3v) is 3.64. The molecule has 1 aromatic rings. The number of carbonyl (C=O) groups excluding carboxylic acids is 1. The first kappa shape index (κ1) is 16.6. The molecular weight excluding hydrogens is 297 g/mol. The molecule has 1 amide bonds. The van der Waals surface area contributed by atoms with E-state index in [-0.39, 0.29) is 11.8 Å². The molecule has 0 radical (unpaired) electrons. The van der Waals surface area contributed by atoms with Crippen molar-refractivity contribution in [2.75, 3.05) is 6.54 Å². The van der Waals surface area contributed by atoms with Crippen LogP contribution in [0, 0.1) is 5.92 Å². The quantitative estimate of drug-likeness (QED) is 0.846. The largest absolute Gasteiger partial charge is 0.480 e. The number of carbonyl (C=O) groups is 1. The van der Waals surface area contributed by atoms with Crippen LogP contribution in [0.25, 0.3) is 0 Å². The van der Waals surface area contributed by atoms with Crippen molar-refractivity contribution >= 4 is 5.91 Å². The van der Waals surface area contributed by atoms with Gasteiger partial charge in [0.1, 0.15) is 5.75 Å². The van der Waals surface area contributed by atoms with Gasteiger partial charge in [-0.05, 0) is 37.8 Å². The van der Waals surface area contributed by atoms with Gasteiger partial charge in [0.25, 0.3) is 5.91 Å². The van der Waals surface area contributed by atoms with Gasteiger partial charge in [0, 0.05) is 12.6 Å². The van der Waals surface area contributed by atoms with Crippen LogP contribution in [-0.2, 0) is 11.0 Å². The Balaban J connectivity index is 2.02. The summed E-state index contributed by atoms with van der Waals surface area (Å²) in [6.07, 6.45) is -3.54. The highest BCUT2D eigenvalue weighted by atomic mass is 19.4. The van der Waals surface area contributed by atoms with E-state index >= 15 is 0 Å². The Morgan fingerprint density at radius 1 is 1.41 bits per heavy atom. The lowest BCUT2D eigenvalue weighted by molar-refractivity contribution is -0.140. The van der Waals surface area contributed by atoms with Crippen LogP contribution in [0.1, 0.15) is 25.3 Å². The van der Waals surface area contributed by atoms with Crippen LogP contribution in [0.5, 0.6) is 5.75 Å². The highest BCUT2D eigenvalue weighted by Gasteiger charge is 2.36. The Morgan fingerprint density at radius 2 is 2.05 bits per heavy atom. The lowest BCUT2D eigenvalue weighted by Crippen LogP contribution is -2.47. The average Bonchev–Trinajstić information content (AvgIpc) is 3.28. The maximum atomic E-state index is 12.9. The second kappa shape index (κ2) is 6.56. The smallest absolute Gasteiger partial charge is 0.419 e. The fraction of sp³-hybridized carbons (Fsp3) is 0.533. The Labute approximate surface area is 126 Å². The summed E-state index contributed by atoms with van der Waals surface area (Å²) >= 11 is 0. The van der Waals surface area contributed by atoms with E-state index in [4.69, 9.17) is 10.5 Å². The molecule has 1 saturated carbocycles. The molecule has 0 heterocycles. The van der Waals surface area contributed by atoms with E-state index < -0.39 is 23.8 Å². The number of para-hydroxylation sites is 1. The van der Waals surface area contributed by atoms with Crippen molar-refractivity contribution in [3.63, 3.8) is 0 Å². The molecule has 0 spiro atoms. The molecule has 4 nitrogen and oxygen atoms in total. The summed E-state index contributed by atoms with van der Waals surface area (Å²) in [4.78, 5) is 12.0. The fourth-order valence-electron chi connectivity index (χ4n) is 2.22. The zero-order valence-electron chi connectivity index (χ0n) is 12.2. The lowest BCUT2D eigenvalue weighted by atomic mass is 10.1. The summed E-state index contributed by atoms with van der Waals surface area (Å²) < 4.78 is 43.9. The monoisotopic (exact) mass is 316 g/mol. The van der Waals surface area contributed by atoms with E-state index in [1.54, 1.807) is 0 Å². The van der Waals surface area contributed by atoms with Crippen molar-refractivity contribution in [1.29, 1.82) is 0 Å². The predicted molar refractivity (Wildman–Crippen MR) is 75.2 cm³/mol. The van der Waals surface area contributed by atoms with Crippen molar-refractivity contribution < 1.29 is 22.7 Å². The van der Waals surface area contributed by atoms with Crippen LogP contribution in [0.15, 0.2) is 24.3 Å². The van der Waals surface area contributed by atoms with Gasteiger partial charge >= 0.3 is 6.18 Å². The molecule has 1 aliphatic rings. The van der Waals surface area contributed by atoms with Gasteiger partial charge in [-0.2, -0.15) is 13.2 Å². The van der Waals surface area contributed by atoms with E-state index in [9.17, 15) is 18.0 Å². The number of benzene rings is 1. The van der Waals surface area contributed by atoms with Gasteiger partial charge in [-0.15, -0.1) is 0 Å². The Bertz CT molecular complexity index is 530. The van der Waals surface area contributed by atoms with Crippen LogP contribution in [-0.4, -0.2) is 24.6 Å². The number of ether oxygens (including phenoxy) is 1. The van der Waals surface area contributed by atoms with Crippen LogP contribution >= 0.6 is 0 Å². The molecule has 7 heteroatoms. The SMILES string of the molecule is CC(Oc1ccccc1C(F)(F)F)C(=O)NC(CN)C1CC1. The summed E-state index contributed by atoms with van der Waals surface area (Å²) in [7, 11) is 0. The Morgan fingerprint density at radius 3 is 2.59 bits per heavy atom. The van der Waals surface area contributed by atoms with Gasteiger partial charge in [-0.1, -0.05) is 12.1 Å². The van der Waals surface area contributed by atoms with Crippen LogP contribution < -0.4 is 15.8 Å². The molecule has 2 rings (SSSR count). The number of rotatable bonds is 6. The van der Waals surface area contributed by atoms with E-state index in [0.717, 1.165) is 18.9 Å². The third-order valence-electron chi connectivity index (χ3n) is 3.64. The minimum Gasteiger partial charge on any atom is -0.480 e. The van der Waals surface area contributed by atoms with Crippen molar-refractivity contribution in [2.45, 2.75) is 38.1 Å². The minimum absolute atomic E-state index is 0.142. The summed E-state index contributed by atoms with van der Waals surface area (Å²) in [5, 5.41) is 2.74. The Kier molecular flexibility index (Phi) is 4.95. The molecule has 122 valence electrons. The number of amides is 1. The number of alkyl halides is 3. The van der Waals surface area contributed by atoms with Crippen molar-refractivity contribution in [2.24, 2.45) is 11.7 Å². The van der Waals surface area contributed by atoms with E-state index in [1.807, 2.05) is 0 Å². The summed E-state index contributed by atoms with van der Waals surface area (Å²) in [5.41, 5.74) is 4.70. The first-order chi connectivity index (χ1) is 10.3. The van der Waals surface area contributed by atoms with Gasteiger partial charge in [0.15, 0.2) is 6.10 Å². The molecule has 0 aromatic heterocycles. The second-order valence-electron chi connectivity index (χ2n) is 5.44. The molecule has 1 aromatic carbocycles. The molecular formula is C15H19F3N2O2. The average molecular weight is 316 g/mol. The highest BCUT2D eigenvalue weighted by molar-refractivity contribution is 5.81. The van der Waals surface area contributed by atoms with Crippen LogP contribution in [0.4, 0.5) is 13.2 Å². The standard InChI is InChI=1S/C15H19F3N2O2/c1-9(14(21)20-12(8-19)10-6-7-10)22-13-5-3-2-4-11(13)15(16,17)18/h2-5,9-10,12H,6-8,19H2,1H3,(H,20,21). The van der Waals surface area contributed by atoms with Crippen molar-refractivity contribution in [3.05, 3.63) is 29.8 Å². The molecule has 2 unspecified atom stereocenters. The molecule has 1 aliphatic carbocycles. The maximum Gasteiger partial charge on any atom is 0.419 e. The van der Waals surface area contributed by atoms with Gasteiger partial charge < -0.3 is 15.8 Å². The molecule has 1 fully saturated rings. The van der Waals surface area contributed by atoms with Crippen molar-refractivity contribution in [3.8, 4) is 5.75 Å². The summed E-state index contributed by atoms with van der Waals surface area (Å²) in [6.45, 7) is 1.73. The normalized spacial score (nSPS) is 17.7. The topological polar surface area (TPSA) is 64.3 Å². The highest BCUT2D eigenvalue weighted by Crippen LogP contribution is 2.36. The number of nitrogens with two attached hydrogens (primary N) is 1. The number of hydrogen-bond donors (Lipinski definition) is 2. The fourth-order valence-corrected chi connectivity index (χ4v) is 2.22. The third kappa shape index (κ3) is 4.13. The van der Waals surface area contributed by atoms with Crippen LogP contribution in [0.2, 0.25) is 0 Å². The maximum absolute atomic E-state index is 12.9. The van der Waals surface area contributed by atoms with Gasteiger partial charge in [0.05, 0.1) is 5.56 Å². The van der Waals surface area contributed by atoms with Gasteiger partial charge in [-0.3, -0.25) is 4.79 Å². The molecule has 22 heavy (non-hydrogen) atoms. The van der Waals surface area contributed by atoms with Gasteiger partial charge in [-0.25, -0.2) is 0 Å². The van der Waals surface area contributed by atoms with E-state index in [1.165, 1.54) is 25.1 Å². The first-order valence-electron chi connectivity index (χ1n) is 7.16. The predicted octanol–water partition coefficient (Wildman–Crippen LogP) is 2.33. The Hall–Kier alpha value is -1.76. The number of nitrogens with one attached hydrogen (secondary N) is 1. The van der Waals surface area contributed by atoms with Crippen molar-refractivity contribution in [1.82, 2.24) is 5.32 Å². The number of hydrogen-bond acceptors (Lipinski definition) is 3. The molecule has 0 saturated heterocycles. The zero-order valence-corrected chi connectivity index (χ0v) is 12.2.